The van der Waals surface area contributed by atoms with Crippen molar-refractivity contribution in [2.75, 3.05) is 0 Å². The summed E-state index contributed by atoms with van der Waals surface area (Å²) in [5, 5.41) is 2.14. The van der Waals surface area contributed by atoms with Crippen molar-refractivity contribution in [3.8, 4) is 0 Å². The van der Waals surface area contributed by atoms with Gasteiger partial charge in [-0.3, -0.25) is 0 Å². The van der Waals surface area contributed by atoms with Crippen molar-refractivity contribution in [3.63, 3.8) is 0 Å². The maximum absolute atomic E-state index is 13.0. The van der Waals surface area contributed by atoms with Crippen molar-refractivity contribution in [2.24, 2.45) is 0 Å². The van der Waals surface area contributed by atoms with Crippen LogP contribution in [-0.2, 0) is 6.42 Å². The minimum absolute atomic E-state index is 0.166. The lowest BCUT2D eigenvalue weighted by Crippen LogP contribution is -1.88. The van der Waals surface area contributed by atoms with E-state index >= 15 is 0 Å². The summed E-state index contributed by atoms with van der Waals surface area (Å²) in [6.07, 6.45) is 1.03. The van der Waals surface area contributed by atoms with Crippen LogP contribution in [0.15, 0.2) is 30.3 Å². The van der Waals surface area contributed by atoms with Crippen molar-refractivity contribution >= 4 is 10.8 Å². The normalized spacial score (nSPS) is 10.8. The highest BCUT2D eigenvalue weighted by Gasteiger charge is 2.02. The molecule has 0 aliphatic rings. The number of halogens is 1. The number of rotatable bonds is 1. The van der Waals surface area contributed by atoms with Gasteiger partial charge in [-0.1, -0.05) is 25.1 Å². The lowest BCUT2D eigenvalue weighted by atomic mass is 9.99. The third-order valence-corrected chi connectivity index (χ3v) is 2.74. The van der Waals surface area contributed by atoms with Crippen LogP contribution in [0.4, 0.5) is 4.39 Å². The SMILES string of the molecule is CCc1ccc2cc(F)ccc2c1C. The largest absolute Gasteiger partial charge is 0.207 e. The van der Waals surface area contributed by atoms with Gasteiger partial charge in [0.25, 0.3) is 0 Å². The van der Waals surface area contributed by atoms with Gasteiger partial charge in [-0.15, -0.1) is 0 Å². The number of hydrogen-bond acceptors (Lipinski definition) is 0. The lowest BCUT2D eigenvalue weighted by Gasteiger charge is -2.07. The van der Waals surface area contributed by atoms with Gasteiger partial charge < -0.3 is 0 Å². The Morgan fingerprint density at radius 1 is 1.14 bits per heavy atom. The van der Waals surface area contributed by atoms with Crippen LogP contribution in [0.2, 0.25) is 0 Å². The average Bonchev–Trinajstić information content (AvgIpc) is 2.18. The van der Waals surface area contributed by atoms with E-state index in [4.69, 9.17) is 0 Å². The molecule has 0 fully saturated rings. The van der Waals surface area contributed by atoms with E-state index in [-0.39, 0.29) is 5.82 Å². The number of benzene rings is 2. The number of aryl methyl sites for hydroxylation is 2. The van der Waals surface area contributed by atoms with Crippen LogP contribution >= 0.6 is 0 Å². The minimum atomic E-state index is -0.166. The highest BCUT2D eigenvalue weighted by molar-refractivity contribution is 5.86. The molecule has 0 nitrogen and oxygen atoms in total. The van der Waals surface area contributed by atoms with Gasteiger partial charge >= 0.3 is 0 Å². The molecule has 2 rings (SSSR count). The van der Waals surface area contributed by atoms with Crippen LogP contribution in [0.1, 0.15) is 18.1 Å². The molecule has 14 heavy (non-hydrogen) atoms. The molecule has 1 heteroatoms. The summed E-state index contributed by atoms with van der Waals surface area (Å²) >= 11 is 0. The Morgan fingerprint density at radius 3 is 2.64 bits per heavy atom. The predicted octanol–water partition coefficient (Wildman–Crippen LogP) is 3.85. The fourth-order valence-electron chi connectivity index (χ4n) is 1.88. The van der Waals surface area contributed by atoms with Crippen LogP contribution < -0.4 is 0 Å². The second kappa shape index (κ2) is 3.41. The molecule has 0 spiro atoms. The quantitative estimate of drug-likeness (QED) is 0.637. The van der Waals surface area contributed by atoms with E-state index in [0.717, 1.165) is 17.2 Å². The smallest absolute Gasteiger partial charge is 0.123 e. The zero-order chi connectivity index (χ0) is 10.1. The second-order valence-electron chi connectivity index (χ2n) is 3.57. The van der Waals surface area contributed by atoms with Crippen LogP contribution in [0.25, 0.3) is 10.8 Å². The Balaban J connectivity index is 2.77. The fraction of sp³-hybridized carbons (Fsp3) is 0.231. The summed E-state index contributed by atoms with van der Waals surface area (Å²) < 4.78 is 13.0. The fourth-order valence-corrected chi connectivity index (χ4v) is 1.88. The summed E-state index contributed by atoms with van der Waals surface area (Å²) in [6.45, 7) is 4.23. The zero-order valence-corrected chi connectivity index (χ0v) is 8.47. The van der Waals surface area contributed by atoms with E-state index in [1.165, 1.54) is 17.2 Å². The second-order valence-corrected chi connectivity index (χ2v) is 3.57. The van der Waals surface area contributed by atoms with E-state index < -0.39 is 0 Å². The predicted molar refractivity (Wildman–Crippen MR) is 58.0 cm³/mol. The van der Waals surface area contributed by atoms with Crippen LogP contribution in [0.3, 0.4) is 0 Å². The molecular formula is C13H13F. The van der Waals surface area contributed by atoms with Gasteiger partial charge in [-0.2, -0.15) is 0 Å². The Morgan fingerprint density at radius 2 is 1.93 bits per heavy atom. The van der Waals surface area contributed by atoms with Crippen LogP contribution in [0, 0.1) is 12.7 Å². The van der Waals surface area contributed by atoms with Gasteiger partial charge in [0.15, 0.2) is 0 Å². The maximum Gasteiger partial charge on any atom is 0.123 e. The minimum Gasteiger partial charge on any atom is -0.207 e. The molecule has 0 aromatic heterocycles. The monoisotopic (exact) mass is 188 g/mol. The van der Waals surface area contributed by atoms with Gasteiger partial charge in [0.1, 0.15) is 5.82 Å². The van der Waals surface area contributed by atoms with Gasteiger partial charge in [0, 0.05) is 0 Å². The summed E-state index contributed by atoms with van der Waals surface area (Å²) in [7, 11) is 0. The topological polar surface area (TPSA) is 0 Å². The Kier molecular flexibility index (Phi) is 2.24. The van der Waals surface area contributed by atoms with E-state index in [1.807, 2.05) is 12.1 Å². The summed E-state index contributed by atoms with van der Waals surface area (Å²) in [6, 6.07) is 9.04. The van der Waals surface area contributed by atoms with Gasteiger partial charge in [0.2, 0.25) is 0 Å². The first-order valence-electron chi connectivity index (χ1n) is 4.90. The van der Waals surface area contributed by atoms with Crippen molar-refractivity contribution in [3.05, 3.63) is 47.3 Å². The lowest BCUT2D eigenvalue weighted by molar-refractivity contribution is 0.629. The van der Waals surface area contributed by atoms with Gasteiger partial charge in [-0.05, 0) is 47.4 Å². The Labute approximate surface area is 83.4 Å². The van der Waals surface area contributed by atoms with Gasteiger partial charge in [-0.25, -0.2) is 4.39 Å². The number of hydrogen-bond donors (Lipinski definition) is 0. The van der Waals surface area contributed by atoms with Crippen molar-refractivity contribution in [1.29, 1.82) is 0 Å². The maximum atomic E-state index is 13.0. The van der Waals surface area contributed by atoms with Crippen LogP contribution in [0.5, 0.6) is 0 Å². The Hall–Kier alpha value is -1.37. The molecule has 72 valence electrons. The molecule has 0 N–H and O–H groups in total. The molecule has 0 saturated carbocycles. The first-order chi connectivity index (χ1) is 6.72. The zero-order valence-electron chi connectivity index (χ0n) is 8.47. The van der Waals surface area contributed by atoms with Crippen LogP contribution in [-0.4, -0.2) is 0 Å². The molecule has 0 aliphatic carbocycles. The first-order valence-corrected chi connectivity index (χ1v) is 4.90. The van der Waals surface area contributed by atoms with Crippen molar-refractivity contribution in [1.82, 2.24) is 0 Å². The summed E-state index contributed by atoms with van der Waals surface area (Å²) in [5.41, 5.74) is 2.61. The van der Waals surface area contributed by atoms with E-state index in [9.17, 15) is 4.39 Å². The van der Waals surface area contributed by atoms with Crippen molar-refractivity contribution in [2.45, 2.75) is 20.3 Å². The highest BCUT2D eigenvalue weighted by atomic mass is 19.1. The molecule has 0 saturated heterocycles. The summed E-state index contributed by atoms with van der Waals surface area (Å²) in [5.74, 6) is -0.166. The molecule has 0 heterocycles. The standard InChI is InChI=1S/C13H13F/c1-3-10-4-5-11-8-12(14)6-7-13(11)9(10)2/h4-8H,3H2,1-2H3. The average molecular weight is 188 g/mol. The molecule has 0 radical (unpaired) electrons. The Bertz CT molecular complexity index is 472. The van der Waals surface area contributed by atoms with Crippen molar-refractivity contribution < 1.29 is 4.39 Å². The third-order valence-electron chi connectivity index (χ3n) is 2.74. The third kappa shape index (κ3) is 1.39. The molecule has 0 unspecified atom stereocenters. The first kappa shape index (κ1) is 9.20. The highest BCUT2D eigenvalue weighted by Crippen LogP contribution is 2.22. The molecule has 2 aromatic carbocycles. The van der Waals surface area contributed by atoms with E-state index in [0.29, 0.717) is 0 Å². The molecule has 0 bridgehead atoms. The molecule has 2 aromatic rings. The molecule has 0 aliphatic heterocycles. The van der Waals surface area contributed by atoms with Gasteiger partial charge in [0.05, 0.1) is 0 Å². The summed E-state index contributed by atoms with van der Waals surface area (Å²) in [4.78, 5) is 0. The molecule has 0 amide bonds. The number of fused-ring (bicyclic) bond motifs is 1. The molecule has 0 atom stereocenters. The van der Waals surface area contributed by atoms with E-state index in [1.54, 1.807) is 6.07 Å². The van der Waals surface area contributed by atoms with E-state index in [2.05, 4.69) is 19.9 Å². The molecular weight excluding hydrogens is 175 g/mol.